The number of aryl methyl sites for hydroxylation is 1. The van der Waals surface area contributed by atoms with E-state index in [9.17, 15) is 13.9 Å². The molecule has 2 rings (SSSR count). The summed E-state index contributed by atoms with van der Waals surface area (Å²) in [5.74, 6) is -1.77. The molecule has 2 aromatic carbocycles. The van der Waals surface area contributed by atoms with Gasteiger partial charge in [0, 0.05) is 6.42 Å². The fourth-order valence-electron chi connectivity index (χ4n) is 2.32. The van der Waals surface area contributed by atoms with Crippen LogP contribution < -0.4 is 0 Å². The third-order valence-electron chi connectivity index (χ3n) is 3.26. The topological polar surface area (TPSA) is 20.2 Å². The maximum atomic E-state index is 13.2. The van der Waals surface area contributed by atoms with E-state index in [1.54, 1.807) is 6.92 Å². The number of hydrogen-bond acceptors (Lipinski definition) is 1. The molecule has 1 N–H and O–H groups in total. The summed E-state index contributed by atoms with van der Waals surface area (Å²) >= 11 is 0. The monoisotopic (exact) mass is 262 g/mol. The van der Waals surface area contributed by atoms with Crippen molar-refractivity contribution in [2.45, 2.75) is 25.9 Å². The Morgan fingerprint density at radius 3 is 2.37 bits per heavy atom. The maximum Gasteiger partial charge on any atom is 0.159 e. The Morgan fingerprint density at radius 2 is 1.74 bits per heavy atom. The summed E-state index contributed by atoms with van der Waals surface area (Å²) < 4.78 is 26.1. The fourth-order valence-corrected chi connectivity index (χ4v) is 2.32. The Kier molecular flexibility index (Phi) is 3.67. The van der Waals surface area contributed by atoms with Crippen LogP contribution in [-0.2, 0) is 12.0 Å². The maximum absolute atomic E-state index is 13.2. The van der Waals surface area contributed by atoms with Crippen molar-refractivity contribution in [3.63, 3.8) is 0 Å². The van der Waals surface area contributed by atoms with Crippen molar-refractivity contribution in [2.24, 2.45) is 0 Å². The molecule has 0 amide bonds. The van der Waals surface area contributed by atoms with Crippen molar-refractivity contribution in [1.82, 2.24) is 0 Å². The van der Waals surface area contributed by atoms with E-state index in [0.29, 0.717) is 5.56 Å². The first-order chi connectivity index (χ1) is 8.90. The summed E-state index contributed by atoms with van der Waals surface area (Å²) in [6.45, 7) is 3.59. The second-order valence-corrected chi connectivity index (χ2v) is 5.01. The number of rotatable bonds is 3. The normalized spacial score (nSPS) is 14.2. The zero-order valence-corrected chi connectivity index (χ0v) is 11.0. The van der Waals surface area contributed by atoms with Crippen LogP contribution >= 0.6 is 0 Å². The number of hydrogen-bond donors (Lipinski definition) is 1. The smallest absolute Gasteiger partial charge is 0.159 e. The van der Waals surface area contributed by atoms with Crippen LogP contribution in [-0.4, -0.2) is 5.11 Å². The minimum absolute atomic E-state index is 0.231. The van der Waals surface area contributed by atoms with E-state index in [1.807, 2.05) is 31.2 Å². The summed E-state index contributed by atoms with van der Waals surface area (Å²) in [4.78, 5) is 0. The van der Waals surface area contributed by atoms with Gasteiger partial charge in [0.25, 0.3) is 0 Å². The van der Waals surface area contributed by atoms with Crippen LogP contribution in [0.1, 0.15) is 23.6 Å². The van der Waals surface area contributed by atoms with Gasteiger partial charge in [-0.1, -0.05) is 30.3 Å². The van der Waals surface area contributed by atoms with E-state index in [-0.39, 0.29) is 6.42 Å². The standard InChI is InChI=1S/C16H16F2O/c1-11-5-3-4-6-13(11)16(2,19)10-12-7-8-14(17)15(18)9-12/h3-9,19H,10H2,1-2H3. The molecule has 0 aliphatic rings. The van der Waals surface area contributed by atoms with Gasteiger partial charge in [-0.2, -0.15) is 0 Å². The lowest BCUT2D eigenvalue weighted by molar-refractivity contribution is 0.0569. The van der Waals surface area contributed by atoms with Crippen molar-refractivity contribution in [2.75, 3.05) is 0 Å². The van der Waals surface area contributed by atoms with Gasteiger partial charge in [0.15, 0.2) is 11.6 Å². The van der Waals surface area contributed by atoms with E-state index < -0.39 is 17.2 Å². The SMILES string of the molecule is Cc1ccccc1C(C)(O)Cc1ccc(F)c(F)c1. The summed E-state index contributed by atoms with van der Waals surface area (Å²) in [7, 11) is 0. The average Bonchev–Trinajstić information content (AvgIpc) is 2.34. The molecule has 1 unspecified atom stereocenters. The van der Waals surface area contributed by atoms with Gasteiger partial charge in [-0.15, -0.1) is 0 Å². The largest absolute Gasteiger partial charge is 0.385 e. The minimum Gasteiger partial charge on any atom is -0.385 e. The molecule has 19 heavy (non-hydrogen) atoms. The Balaban J connectivity index is 2.31. The van der Waals surface area contributed by atoms with E-state index in [2.05, 4.69) is 0 Å². The first-order valence-corrected chi connectivity index (χ1v) is 6.12. The lowest BCUT2D eigenvalue weighted by atomic mass is 9.86. The molecule has 0 fully saturated rings. The quantitative estimate of drug-likeness (QED) is 0.893. The molecule has 0 bridgehead atoms. The molecule has 100 valence electrons. The van der Waals surface area contributed by atoms with E-state index >= 15 is 0 Å². The first-order valence-electron chi connectivity index (χ1n) is 6.12. The molecule has 0 heterocycles. The van der Waals surface area contributed by atoms with Gasteiger partial charge in [-0.25, -0.2) is 8.78 Å². The van der Waals surface area contributed by atoms with Gasteiger partial charge in [0.05, 0.1) is 5.60 Å². The third kappa shape index (κ3) is 2.99. The molecule has 0 spiro atoms. The highest BCUT2D eigenvalue weighted by Crippen LogP contribution is 2.28. The molecule has 0 saturated carbocycles. The van der Waals surface area contributed by atoms with Crippen molar-refractivity contribution < 1.29 is 13.9 Å². The highest BCUT2D eigenvalue weighted by Gasteiger charge is 2.25. The first kappa shape index (κ1) is 13.7. The summed E-state index contributed by atoms with van der Waals surface area (Å²) in [6.07, 6.45) is 0.231. The zero-order valence-electron chi connectivity index (χ0n) is 11.0. The molecule has 2 aromatic rings. The van der Waals surface area contributed by atoms with Crippen LogP contribution in [0.2, 0.25) is 0 Å². The van der Waals surface area contributed by atoms with Crippen molar-refractivity contribution >= 4 is 0 Å². The zero-order chi connectivity index (χ0) is 14.0. The van der Waals surface area contributed by atoms with Crippen LogP contribution in [0.25, 0.3) is 0 Å². The molecule has 0 radical (unpaired) electrons. The van der Waals surface area contributed by atoms with Crippen molar-refractivity contribution in [1.29, 1.82) is 0 Å². The van der Waals surface area contributed by atoms with Gasteiger partial charge in [-0.3, -0.25) is 0 Å². The third-order valence-corrected chi connectivity index (χ3v) is 3.26. The molecule has 0 aromatic heterocycles. The van der Waals surface area contributed by atoms with Crippen LogP contribution in [0.4, 0.5) is 8.78 Å². The lowest BCUT2D eigenvalue weighted by Gasteiger charge is -2.26. The highest BCUT2D eigenvalue weighted by atomic mass is 19.2. The van der Waals surface area contributed by atoms with Crippen LogP contribution in [0.15, 0.2) is 42.5 Å². The van der Waals surface area contributed by atoms with Crippen LogP contribution in [0.5, 0.6) is 0 Å². The second-order valence-electron chi connectivity index (χ2n) is 5.01. The minimum atomic E-state index is -1.12. The number of benzene rings is 2. The Bertz CT molecular complexity index is 591. The van der Waals surface area contributed by atoms with Crippen molar-refractivity contribution in [3.8, 4) is 0 Å². The molecule has 1 nitrogen and oxygen atoms in total. The van der Waals surface area contributed by atoms with Crippen molar-refractivity contribution in [3.05, 3.63) is 70.8 Å². The molecule has 1 atom stereocenters. The molecule has 0 aliphatic heterocycles. The molecule has 0 aliphatic carbocycles. The summed E-state index contributed by atoms with van der Waals surface area (Å²) in [6, 6.07) is 11.2. The number of aliphatic hydroxyl groups is 1. The van der Waals surface area contributed by atoms with Gasteiger partial charge in [0.2, 0.25) is 0 Å². The predicted octanol–water partition coefficient (Wildman–Crippen LogP) is 3.72. The molecular formula is C16H16F2O. The average molecular weight is 262 g/mol. The summed E-state index contributed by atoms with van der Waals surface area (Å²) in [5.41, 5.74) is 1.21. The van der Waals surface area contributed by atoms with Gasteiger partial charge < -0.3 is 5.11 Å². The highest BCUT2D eigenvalue weighted by molar-refractivity contribution is 5.33. The van der Waals surface area contributed by atoms with Gasteiger partial charge in [-0.05, 0) is 42.7 Å². The molecular weight excluding hydrogens is 246 g/mol. The van der Waals surface area contributed by atoms with E-state index in [1.165, 1.54) is 6.07 Å². The predicted molar refractivity (Wildman–Crippen MR) is 70.8 cm³/mol. The lowest BCUT2D eigenvalue weighted by Crippen LogP contribution is -2.25. The van der Waals surface area contributed by atoms with Gasteiger partial charge >= 0.3 is 0 Å². The fraction of sp³-hybridized carbons (Fsp3) is 0.250. The van der Waals surface area contributed by atoms with Crippen LogP contribution in [0.3, 0.4) is 0 Å². The molecule has 3 heteroatoms. The van der Waals surface area contributed by atoms with E-state index in [0.717, 1.165) is 23.3 Å². The van der Waals surface area contributed by atoms with Gasteiger partial charge in [0.1, 0.15) is 0 Å². The second kappa shape index (κ2) is 5.10. The van der Waals surface area contributed by atoms with E-state index in [4.69, 9.17) is 0 Å². The molecule has 0 saturated heterocycles. The Hall–Kier alpha value is -1.74. The number of halogens is 2. The van der Waals surface area contributed by atoms with Crippen LogP contribution in [0, 0.1) is 18.6 Å². The Morgan fingerprint density at radius 1 is 1.05 bits per heavy atom. The Labute approximate surface area is 111 Å². The summed E-state index contributed by atoms with van der Waals surface area (Å²) in [5, 5.41) is 10.6.